The van der Waals surface area contributed by atoms with Crippen molar-refractivity contribution in [1.29, 1.82) is 0 Å². The Bertz CT molecular complexity index is 612. The molecule has 0 radical (unpaired) electrons. The van der Waals surface area contributed by atoms with E-state index in [4.69, 9.17) is 9.47 Å². The molecule has 0 fully saturated rings. The van der Waals surface area contributed by atoms with E-state index >= 15 is 0 Å². The summed E-state index contributed by atoms with van der Waals surface area (Å²) in [7, 11) is 1.55. The zero-order valence-electron chi connectivity index (χ0n) is 11.7. The number of hydrogen-bond acceptors (Lipinski definition) is 4. The number of hydrazone groups is 1. The van der Waals surface area contributed by atoms with E-state index in [0.717, 1.165) is 5.56 Å². The zero-order valence-corrected chi connectivity index (χ0v) is 11.7. The fraction of sp³-hybridized carbons (Fsp3) is 0.125. The number of carbonyl (C=O) groups excluding carboxylic acids is 1. The van der Waals surface area contributed by atoms with Gasteiger partial charge in [-0.3, -0.25) is 4.79 Å². The van der Waals surface area contributed by atoms with E-state index in [-0.39, 0.29) is 12.5 Å². The van der Waals surface area contributed by atoms with E-state index < -0.39 is 0 Å². The molecule has 0 aliphatic carbocycles. The van der Waals surface area contributed by atoms with Gasteiger partial charge in [0.1, 0.15) is 0 Å². The minimum Gasteiger partial charge on any atom is -0.493 e. The van der Waals surface area contributed by atoms with Crippen LogP contribution in [0.25, 0.3) is 0 Å². The number of carbonyl (C=O) groups is 1. The highest BCUT2D eigenvalue weighted by atomic mass is 16.5. The Morgan fingerprint density at radius 2 is 1.76 bits per heavy atom. The molecule has 5 heteroatoms. The number of amides is 1. The average molecular weight is 284 g/mol. The highest BCUT2D eigenvalue weighted by Crippen LogP contribution is 2.25. The summed E-state index contributed by atoms with van der Waals surface area (Å²) < 4.78 is 10.5. The second-order valence-corrected chi connectivity index (χ2v) is 4.14. The number of ether oxygens (including phenoxy) is 2. The van der Waals surface area contributed by atoms with Gasteiger partial charge < -0.3 is 9.47 Å². The van der Waals surface area contributed by atoms with Gasteiger partial charge in [0.2, 0.25) is 0 Å². The number of nitrogens with zero attached hydrogens (tertiary/aromatic N) is 1. The molecule has 0 saturated heterocycles. The number of para-hydroxylation sites is 2. The number of rotatable bonds is 6. The van der Waals surface area contributed by atoms with E-state index in [0.29, 0.717) is 11.5 Å². The third kappa shape index (κ3) is 4.65. The molecule has 5 nitrogen and oxygen atoms in total. The highest BCUT2D eigenvalue weighted by Gasteiger charge is 2.05. The van der Waals surface area contributed by atoms with Crippen LogP contribution >= 0.6 is 0 Å². The summed E-state index contributed by atoms with van der Waals surface area (Å²) in [6.07, 6.45) is 1.57. The monoisotopic (exact) mass is 284 g/mol. The maximum Gasteiger partial charge on any atom is 0.277 e. The number of hydrogen-bond donors (Lipinski definition) is 1. The first-order chi connectivity index (χ1) is 10.3. The van der Waals surface area contributed by atoms with E-state index in [1.54, 1.807) is 25.5 Å². The minimum absolute atomic E-state index is 0.132. The third-order valence-corrected chi connectivity index (χ3v) is 2.63. The minimum atomic E-state index is -0.340. The first kappa shape index (κ1) is 14.6. The van der Waals surface area contributed by atoms with Gasteiger partial charge in [-0.25, -0.2) is 5.43 Å². The molecule has 21 heavy (non-hydrogen) atoms. The van der Waals surface area contributed by atoms with Crippen molar-refractivity contribution in [2.45, 2.75) is 0 Å². The normalized spacial score (nSPS) is 10.3. The fourth-order valence-electron chi connectivity index (χ4n) is 1.63. The molecule has 0 spiro atoms. The quantitative estimate of drug-likeness (QED) is 0.653. The molecule has 0 aliphatic rings. The van der Waals surface area contributed by atoms with Crippen LogP contribution in [-0.4, -0.2) is 25.8 Å². The van der Waals surface area contributed by atoms with Gasteiger partial charge in [0.25, 0.3) is 5.91 Å². The SMILES string of the molecule is COc1ccccc1OCC(=O)NN=Cc1ccccc1. The van der Waals surface area contributed by atoms with E-state index in [1.807, 2.05) is 42.5 Å². The predicted molar refractivity (Wildman–Crippen MR) is 80.7 cm³/mol. The first-order valence-corrected chi connectivity index (χ1v) is 6.42. The maximum atomic E-state index is 11.6. The van der Waals surface area contributed by atoms with Gasteiger partial charge in [-0.2, -0.15) is 5.10 Å². The van der Waals surface area contributed by atoms with Crippen LogP contribution < -0.4 is 14.9 Å². The first-order valence-electron chi connectivity index (χ1n) is 6.42. The van der Waals surface area contributed by atoms with Gasteiger partial charge >= 0.3 is 0 Å². The molecule has 0 aliphatic heterocycles. The summed E-state index contributed by atoms with van der Waals surface area (Å²) in [6.45, 7) is -0.132. The second-order valence-electron chi connectivity index (χ2n) is 4.14. The Balaban J connectivity index is 1.81. The lowest BCUT2D eigenvalue weighted by Crippen LogP contribution is -2.24. The molecule has 0 heterocycles. The zero-order chi connectivity index (χ0) is 14.9. The number of benzene rings is 2. The van der Waals surface area contributed by atoms with Crippen LogP contribution in [0.4, 0.5) is 0 Å². The predicted octanol–water partition coefficient (Wildman–Crippen LogP) is 2.22. The molecule has 0 atom stereocenters. The van der Waals surface area contributed by atoms with Crippen LogP contribution in [0, 0.1) is 0 Å². The van der Waals surface area contributed by atoms with E-state index in [1.165, 1.54) is 0 Å². The van der Waals surface area contributed by atoms with Gasteiger partial charge in [-0.15, -0.1) is 0 Å². The molecule has 108 valence electrons. The molecule has 1 N–H and O–H groups in total. The van der Waals surface area contributed by atoms with Gasteiger partial charge in [0.15, 0.2) is 18.1 Å². The highest BCUT2D eigenvalue weighted by molar-refractivity contribution is 5.82. The van der Waals surface area contributed by atoms with Crippen molar-refractivity contribution < 1.29 is 14.3 Å². The van der Waals surface area contributed by atoms with Gasteiger partial charge in [0.05, 0.1) is 13.3 Å². The van der Waals surface area contributed by atoms with Crippen molar-refractivity contribution in [2.75, 3.05) is 13.7 Å². The Labute approximate surface area is 123 Å². The molecule has 2 aromatic carbocycles. The molecule has 2 rings (SSSR count). The Morgan fingerprint density at radius 3 is 2.48 bits per heavy atom. The molecular formula is C16H16N2O3. The van der Waals surface area contributed by atoms with Gasteiger partial charge in [-0.05, 0) is 17.7 Å². The number of nitrogens with one attached hydrogen (secondary N) is 1. The molecule has 2 aromatic rings. The Kier molecular flexibility index (Phi) is 5.34. The van der Waals surface area contributed by atoms with Crippen molar-refractivity contribution in [1.82, 2.24) is 5.43 Å². The molecular weight excluding hydrogens is 268 g/mol. The lowest BCUT2D eigenvalue weighted by Gasteiger charge is -2.09. The second kappa shape index (κ2) is 7.69. The van der Waals surface area contributed by atoms with Crippen molar-refractivity contribution in [2.24, 2.45) is 5.10 Å². The van der Waals surface area contributed by atoms with E-state index in [9.17, 15) is 4.79 Å². The fourth-order valence-corrected chi connectivity index (χ4v) is 1.63. The van der Waals surface area contributed by atoms with Crippen molar-refractivity contribution in [3.05, 3.63) is 60.2 Å². The number of methoxy groups -OCH3 is 1. The molecule has 1 amide bonds. The maximum absolute atomic E-state index is 11.6. The van der Waals surface area contributed by atoms with Crippen LogP contribution in [0.2, 0.25) is 0 Å². The van der Waals surface area contributed by atoms with Crippen LogP contribution in [0.3, 0.4) is 0 Å². The Morgan fingerprint density at radius 1 is 1.10 bits per heavy atom. The summed E-state index contributed by atoms with van der Waals surface area (Å²) >= 11 is 0. The largest absolute Gasteiger partial charge is 0.493 e. The van der Waals surface area contributed by atoms with Gasteiger partial charge in [0, 0.05) is 0 Å². The summed E-state index contributed by atoms with van der Waals surface area (Å²) in [4.78, 5) is 11.6. The lowest BCUT2D eigenvalue weighted by atomic mass is 10.2. The van der Waals surface area contributed by atoms with Crippen molar-refractivity contribution >= 4 is 12.1 Å². The summed E-state index contributed by atoms with van der Waals surface area (Å²) in [5.74, 6) is 0.758. The van der Waals surface area contributed by atoms with Crippen LogP contribution in [0.5, 0.6) is 11.5 Å². The van der Waals surface area contributed by atoms with Crippen LogP contribution in [0.15, 0.2) is 59.7 Å². The average Bonchev–Trinajstić information content (AvgIpc) is 2.54. The van der Waals surface area contributed by atoms with Gasteiger partial charge in [-0.1, -0.05) is 42.5 Å². The molecule has 0 saturated carbocycles. The van der Waals surface area contributed by atoms with Crippen molar-refractivity contribution in [3.8, 4) is 11.5 Å². The summed E-state index contributed by atoms with van der Waals surface area (Å²) in [5, 5.41) is 3.86. The molecule has 0 bridgehead atoms. The van der Waals surface area contributed by atoms with Crippen LogP contribution in [0.1, 0.15) is 5.56 Å². The molecule has 0 unspecified atom stereocenters. The van der Waals surface area contributed by atoms with Crippen LogP contribution in [-0.2, 0) is 4.79 Å². The standard InChI is InChI=1S/C16H16N2O3/c1-20-14-9-5-6-10-15(14)21-12-16(19)18-17-11-13-7-3-2-4-8-13/h2-11H,12H2,1H3,(H,18,19). The lowest BCUT2D eigenvalue weighted by molar-refractivity contribution is -0.123. The summed E-state index contributed by atoms with van der Waals surface area (Å²) in [6, 6.07) is 16.6. The molecule has 0 aromatic heterocycles. The smallest absolute Gasteiger partial charge is 0.277 e. The van der Waals surface area contributed by atoms with E-state index in [2.05, 4.69) is 10.5 Å². The summed E-state index contributed by atoms with van der Waals surface area (Å²) in [5.41, 5.74) is 3.31. The van der Waals surface area contributed by atoms with Crippen molar-refractivity contribution in [3.63, 3.8) is 0 Å². The Hall–Kier alpha value is -2.82. The topological polar surface area (TPSA) is 59.9 Å². The third-order valence-electron chi connectivity index (χ3n) is 2.63.